The lowest BCUT2D eigenvalue weighted by molar-refractivity contribution is 0.787. The quantitative estimate of drug-likeness (QED) is 0.714. The summed E-state index contributed by atoms with van der Waals surface area (Å²) in [5.74, 6) is 0.387. The van der Waals surface area contributed by atoms with E-state index < -0.39 is 0 Å². The fraction of sp³-hybridized carbons (Fsp3) is 0.176. The molecule has 100 valence electrons. The zero-order chi connectivity index (χ0) is 13.9. The molecule has 3 nitrogen and oxygen atoms in total. The molecule has 3 heterocycles. The number of rotatable bonds is 3. The molecule has 0 saturated carbocycles. The predicted octanol–water partition coefficient (Wildman–Crippen LogP) is 4.02. The minimum absolute atomic E-state index is 0.387. The van der Waals surface area contributed by atoms with E-state index in [1.54, 1.807) is 6.20 Å². The maximum atomic E-state index is 4.67. The van der Waals surface area contributed by atoms with Gasteiger partial charge in [0, 0.05) is 18.0 Å². The summed E-state index contributed by atoms with van der Waals surface area (Å²) in [6.07, 6.45) is 7.94. The van der Waals surface area contributed by atoms with E-state index in [0.717, 1.165) is 16.9 Å². The zero-order valence-corrected chi connectivity index (χ0v) is 11.7. The van der Waals surface area contributed by atoms with Gasteiger partial charge in [0.25, 0.3) is 0 Å². The normalized spacial score (nSPS) is 11.8. The summed E-state index contributed by atoms with van der Waals surface area (Å²) in [5, 5.41) is 4.67. The molecule has 3 aromatic heterocycles. The average molecular weight is 263 g/mol. The van der Waals surface area contributed by atoms with Crippen LogP contribution >= 0.6 is 0 Å². The Morgan fingerprint density at radius 1 is 1.05 bits per heavy atom. The van der Waals surface area contributed by atoms with Gasteiger partial charge < -0.3 is 0 Å². The van der Waals surface area contributed by atoms with E-state index >= 15 is 0 Å². The molecular weight excluding hydrogens is 246 g/mol. The van der Waals surface area contributed by atoms with Crippen molar-refractivity contribution in [1.29, 1.82) is 0 Å². The van der Waals surface area contributed by atoms with Gasteiger partial charge in [0.1, 0.15) is 0 Å². The number of hydrogen-bond acceptors (Lipinski definition) is 2. The van der Waals surface area contributed by atoms with Crippen LogP contribution in [-0.2, 0) is 0 Å². The van der Waals surface area contributed by atoms with E-state index in [4.69, 9.17) is 0 Å². The fourth-order valence-corrected chi connectivity index (χ4v) is 2.28. The van der Waals surface area contributed by atoms with Gasteiger partial charge in [0.15, 0.2) is 0 Å². The highest BCUT2D eigenvalue weighted by molar-refractivity contribution is 5.79. The Morgan fingerprint density at radius 3 is 2.65 bits per heavy atom. The molecule has 0 aromatic carbocycles. The smallest absolute Gasteiger partial charge is 0.0737 e. The molecule has 0 fully saturated rings. The lowest BCUT2D eigenvalue weighted by Crippen LogP contribution is -1.91. The standard InChI is InChI=1S/C17H17N3/c1-13(2)17-15(10-9-14-7-3-5-11-18-14)16-8-4-6-12-20(16)19-17/h3-13H,1-2H3/b10-9+. The van der Waals surface area contributed by atoms with Crippen molar-refractivity contribution >= 4 is 17.7 Å². The maximum Gasteiger partial charge on any atom is 0.0737 e. The monoisotopic (exact) mass is 263 g/mol. The lowest BCUT2D eigenvalue weighted by atomic mass is 10.0. The van der Waals surface area contributed by atoms with Crippen molar-refractivity contribution in [2.45, 2.75) is 19.8 Å². The van der Waals surface area contributed by atoms with E-state index in [0.29, 0.717) is 5.92 Å². The SMILES string of the molecule is CC(C)c1nn2ccccc2c1/C=C/c1ccccn1. The third-order valence-corrected chi connectivity index (χ3v) is 3.26. The van der Waals surface area contributed by atoms with Crippen molar-refractivity contribution in [2.24, 2.45) is 0 Å². The Kier molecular flexibility index (Phi) is 3.33. The van der Waals surface area contributed by atoms with Gasteiger partial charge in [-0.1, -0.05) is 26.0 Å². The molecule has 20 heavy (non-hydrogen) atoms. The van der Waals surface area contributed by atoms with Crippen molar-refractivity contribution < 1.29 is 0 Å². The molecule has 3 rings (SSSR count). The average Bonchev–Trinajstić information content (AvgIpc) is 2.85. The van der Waals surface area contributed by atoms with E-state index in [1.165, 1.54) is 5.56 Å². The van der Waals surface area contributed by atoms with Gasteiger partial charge in [-0.05, 0) is 42.3 Å². The van der Waals surface area contributed by atoms with Crippen LogP contribution in [0.3, 0.4) is 0 Å². The van der Waals surface area contributed by atoms with Crippen LogP contribution in [0.25, 0.3) is 17.7 Å². The summed E-state index contributed by atoms with van der Waals surface area (Å²) >= 11 is 0. The summed E-state index contributed by atoms with van der Waals surface area (Å²) < 4.78 is 1.94. The van der Waals surface area contributed by atoms with Crippen LogP contribution < -0.4 is 0 Å². The van der Waals surface area contributed by atoms with Crippen LogP contribution in [0.4, 0.5) is 0 Å². The van der Waals surface area contributed by atoms with Crippen molar-refractivity contribution in [3.05, 3.63) is 65.7 Å². The largest absolute Gasteiger partial charge is 0.257 e. The minimum atomic E-state index is 0.387. The minimum Gasteiger partial charge on any atom is -0.257 e. The van der Waals surface area contributed by atoms with Crippen molar-refractivity contribution in [3.63, 3.8) is 0 Å². The van der Waals surface area contributed by atoms with E-state index in [1.807, 2.05) is 47.1 Å². The summed E-state index contributed by atoms with van der Waals surface area (Å²) in [6.45, 7) is 4.33. The summed E-state index contributed by atoms with van der Waals surface area (Å²) in [5.41, 5.74) is 4.37. The third kappa shape index (κ3) is 2.35. The number of pyridine rings is 2. The first-order chi connectivity index (χ1) is 9.75. The van der Waals surface area contributed by atoms with Crippen LogP contribution in [0.2, 0.25) is 0 Å². The van der Waals surface area contributed by atoms with Gasteiger partial charge in [-0.2, -0.15) is 5.10 Å². The van der Waals surface area contributed by atoms with Crippen molar-refractivity contribution in [3.8, 4) is 0 Å². The molecule has 0 aliphatic rings. The number of fused-ring (bicyclic) bond motifs is 1. The maximum absolute atomic E-state index is 4.67. The number of hydrogen-bond donors (Lipinski definition) is 0. The summed E-state index contributed by atoms with van der Waals surface area (Å²) in [6, 6.07) is 12.0. The summed E-state index contributed by atoms with van der Waals surface area (Å²) in [7, 11) is 0. The van der Waals surface area contributed by atoms with Gasteiger partial charge >= 0.3 is 0 Å². The number of nitrogens with zero attached hydrogens (tertiary/aromatic N) is 3. The van der Waals surface area contributed by atoms with Gasteiger partial charge in [0.2, 0.25) is 0 Å². The Morgan fingerprint density at radius 2 is 1.90 bits per heavy atom. The van der Waals surface area contributed by atoms with Crippen LogP contribution in [0.15, 0.2) is 48.8 Å². The second-order valence-electron chi connectivity index (χ2n) is 5.07. The molecular formula is C17H17N3. The molecule has 0 aliphatic carbocycles. The second kappa shape index (κ2) is 5.29. The van der Waals surface area contributed by atoms with E-state index in [9.17, 15) is 0 Å². The lowest BCUT2D eigenvalue weighted by Gasteiger charge is -2.01. The molecule has 3 heteroatoms. The van der Waals surface area contributed by atoms with Crippen molar-refractivity contribution in [2.75, 3.05) is 0 Å². The van der Waals surface area contributed by atoms with Gasteiger partial charge in [-0.25, -0.2) is 4.52 Å². The third-order valence-electron chi connectivity index (χ3n) is 3.26. The van der Waals surface area contributed by atoms with E-state index in [2.05, 4.69) is 36.1 Å². The first kappa shape index (κ1) is 12.6. The van der Waals surface area contributed by atoms with E-state index in [-0.39, 0.29) is 0 Å². The van der Waals surface area contributed by atoms with Crippen LogP contribution in [0.1, 0.15) is 36.7 Å². The Bertz CT molecular complexity index is 739. The molecule has 0 aliphatic heterocycles. The Labute approximate surface area is 118 Å². The Hall–Kier alpha value is -2.42. The highest BCUT2D eigenvalue weighted by Crippen LogP contribution is 2.24. The second-order valence-corrected chi connectivity index (χ2v) is 5.07. The van der Waals surface area contributed by atoms with Crippen LogP contribution in [0.5, 0.6) is 0 Å². The van der Waals surface area contributed by atoms with Gasteiger partial charge in [-0.3, -0.25) is 4.98 Å². The first-order valence-corrected chi connectivity index (χ1v) is 6.82. The molecule has 0 amide bonds. The van der Waals surface area contributed by atoms with Crippen molar-refractivity contribution in [1.82, 2.24) is 14.6 Å². The molecule has 0 spiro atoms. The molecule has 3 aromatic rings. The predicted molar refractivity (Wildman–Crippen MR) is 82.4 cm³/mol. The van der Waals surface area contributed by atoms with Gasteiger partial charge in [0.05, 0.1) is 16.9 Å². The van der Waals surface area contributed by atoms with Crippen LogP contribution in [0, 0.1) is 0 Å². The van der Waals surface area contributed by atoms with Gasteiger partial charge in [-0.15, -0.1) is 0 Å². The highest BCUT2D eigenvalue weighted by atomic mass is 15.2. The molecule has 0 radical (unpaired) electrons. The molecule has 0 atom stereocenters. The molecule has 0 unspecified atom stereocenters. The topological polar surface area (TPSA) is 30.2 Å². The molecule has 0 bridgehead atoms. The first-order valence-electron chi connectivity index (χ1n) is 6.82. The number of aromatic nitrogens is 3. The molecule has 0 N–H and O–H groups in total. The van der Waals surface area contributed by atoms with Crippen LogP contribution in [-0.4, -0.2) is 14.6 Å². The zero-order valence-electron chi connectivity index (χ0n) is 11.7. The summed E-state index contributed by atoms with van der Waals surface area (Å²) in [4.78, 5) is 4.32. The molecule has 0 saturated heterocycles. The fourth-order valence-electron chi connectivity index (χ4n) is 2.28. The highest BCUT2D eigenvalue weighted by Gasteiger charge is 2.12. The Balaban J connectivity index is 2.10.